The Morgan fingerprint density at radius 1 is 1.26 bits per heavy atom. The zero-order chi connectivity index (χ0) is 18.6. The van der Waals surface area contributed by atoms with Crippen molar-refractivity contribution >= 4 is 33.2 Å². The number of fused-ring (bicyclic) bond motifs is 1. The Hall–Kier alpha value is -2.18. The lowest BCUT2D eigenvalue weighted by molar-refractivity contribution is 0.128. The lowest BCUT2D eigenvalue weighted by Gasteiger charge is -2.26. The smallest absolute Gasteiger partial charge is 0.142 e. The number of aromatic nitrogens is 3. The molecule has 0 spiro atoms. The molecule has 4 rings (SSSR count). The molecule has 7 heteroatoms. The first-order valence-corrected chi connectivity index (χ1v) is 9.92. The second-order valence-corrected chi connectivity index (χ2v) is 7.79. The van der Waals surface area contributed by atoms with Gasteiger partial charge in [0.05, 0.1) is 12.3 Å². The van der Waals surface area contributed by atoms with Crippen molar-refractivity contribution in [3.05, 3.63) is 81.3 Å². The van der Waals surface area contributed by atoms with Crippen molar-refractivity contribution in [3.63, 3.8) is 0 Å². The molecule has 138 valence electrons. The summed E-state index contributed by atoms with van der Waals surface area (Å²) in [5, 5.41) is 9.48. The Labute approximate surface area is 171 Å². The standard InChI is InChI=1S/C20H18BrClN4O/c21-19-6-2-5-18-17(19)8-7-15(10-26-13-23-12-24-26)20(18)25-27-11-14-3-1-4-16(22)9-14/h1-6,9,12-13,15H,7-8,10-11H2/b25-20-. The predicted molar refractivity (Wildman–Crippen MR) is 109 cm³/mol. The van der Waals surface area contributed by atoms with Gasteiger partial charge in [-0.15, -0.1) is 0 Å². The van der Waals surface area contributed by atoms with Crippen molar-refractivity contribution in [2.24, 2.45) is 11.1 Å². The Morgan fingerprint density at radius 3 is 2.96 bits per heavy atom. The van der Waals surface area contributed by atoms with Crippen molar-refractivity contribution in [1.29, 1.82) is 0 Å². The molecule has 1 unspecified atom stereocenters. The van der Waals surface area contributed by atoms with Gasteiger partial charge in [0.2, 0.25) is 0 Å². The zero-order valence-corrected chi connectivity index (χ0v) is 16.9. The number of nitrogens with zero attached hydrogens (tertiary/aromatic N) is 4. The van der Waals surface area contributed by atoms with Gasteiger partial charge in [0.15, 0.2) is 0 Å². The van der Waals surface area contributed by atoms with Gasteiger partial charge in [-0.2, -0.15) is 5.10 Å². The summed E-state index contributed by atoms with van der Waals surface area (Å²) in [5.41, 5.74) is 4.35. The Morgan fingerprint density at radius 2 is 2.15 bits per heavy atom. The zero-order valence-electron chi connectivity index (χ0n) is 14.6. The molecule has 0 saturated heterocycles. The average Bonchev–Trinajstić information content (AvgIpc) is 3.17. The summed E-state index contributed by atoms with van der Waals surface area (Å²) >= 11 is 9.71. The fourth-order valence-electron chi connectivity index (χ4n) is 3.39. The van der Waals surface area contributed by atoms with E-state index in [4.69, 9.17) is 16.4 Å². The van der Waals surface area contributed by atoms with Crippen LogP contribution >= 0.6 is 27.5 Å². The molecule has 0 bridgehead atoms. The van der Waals surface area contributed by atoms with Crippen LogP contribution in [0.1, 0.15) is 23.1 Å². The van der Waals surface area contributed by atoms with Gasteiger partial charge in [-0.25, -0.2) is 4.98 Å². The molecule has 0 fully saturated rings. The molecule has 2 aromatic carbocycles. The molecule has 1 aliphatic carbocycles. The summed E-state index contributed by atoms with van der Waals surface area (Å²) < 4.78 is 2.96. The minimum atomic E-state index is 0.216. The monoisotopic (exact) mass is 444 g/mol. The topological polar surface area (TPSA) is 52.3 Å². The fourth-order valence-corrected chi connectivity index (χ4v) is 4.16. The minimum Gasteiger partial charge on any atom is -0.391 e. The van der Waals surface area contributed by atoms with Crippen LogP contribution in [0.3, 0.4) is 0 Å². The van der Waals surface area contributed by atoms with E-state index in [1.54, 1.807) is 12.7 Å². The molecule has 0 N–H and O–H groups in total. The van der Waals surface area contributed by atoms with Crippen LogP contribution in [0.25, 0.3) is 0 Å². The van der Waals surface area contributed by atoms with Gasteiger partial charge in [0, 0.05) is 21.0 Å². The van der Waals surface area contributed by atoms with E-state index in [9.17, 15) is 0 Å². The maximum absolute atomic E-state index is 6.05. The van der Waals surface area contributed by atoms with Gasteiger partial charge < -0.3 is 4.84 Å². The van der Waals surface area contributed by atoms with E-state index in [2.05, 4.69) is 43.3 Å². The van der Waals surface area contributed by atoms with E-state index < -0.39 is 0 Å². The second kappa shape index (κ2) is 8.23. The quantitative estimate of drug-likeness (QED) is 0.526. The molecule has 0 aliphatic heterocycles. The van der Waals surface area contributed by atoms with Gasteiger partial charge in [0.25, 0.3) is 0 Å². The third kappa shape index (κ3) is 4.22. The largest absolute Gasteiger partial charge is 0.391 e. The summed E-state index contributed by atoms with van der Waals surface area (Å²) in [7, 11) is 0. The Balaban J connectivity index is 1.60. The number of hydrogen-bond donors (Lipinski definition) is 0. The van der Waals surface area contributed by atoms with Crippen molar-refractivity contribution in [2.45, 2.75) is 26.0 Å². The molecule has 0 amide bonds. The fraction of sp³-hybridized carbons (Fsp3) is 0.250. The summed E-state index contributed by atoms with van der Waals surface area (Å²) in [6.07, 6.45) is 5.26. The molecule has 1 aliphatic rings. The van der Waals surface area contributed by atoms with Crippen molar-refractivity contribution in [1.82, 2.24) is 14.8 Å². The van der Waals surface area contributed by atoms with Gasteiger partial charge in [-0.1, -0.05) is 57.0 Å². The molecular weight excluding hydrogens is 428 g/mol. The lowest BCUT2D eigenvalue weighted by atomic mass is 9.82. The van der Waals surface area contributed by atoms with Crippen LogP contribution < -0.4 is 0 Å². The van der Waals surface area contributed by atoms with Crippen LogP contribution in [-0.2, 0) is 24.4 Å². The highest BCUT2D eigenvalue weighted by atomic mass is 79.9. The van der Waals surface area contributed by atoms with Crippen LogP contribution in [0, 0.1) is 5.92 Å². The van der Waals surface area contributed by atoms with Crippen LogP contribution in [0.5, 0.6) is 0 Å². The minimum absolute atomic E-state index is 0.216. The molecule has 27 heavy (non-hydrogen) atoms. The number of benzene rings is 2. The molecule has 0 saturated carbocycles. The van der Waals surface area contributed by atoms with E-state index in [0.717, 1.165) is 40.7 Å². The first-order valence-electron chi connectivity index (χ1n) is 8.75. The van der Waals surface area contributed by atoms with Gasteiger partial charge in [-0.05, 0) is 42.2 Å². The average molecular weight is 446 g/mol. The number of rotatable bonds is 5. The van der Waals surface area contributed by atoms with E-state index in [0.29, 0.717) is 11.6 Å². The summed E-state index contributed by atoms with van der Waals surface area (Å²) in [6.45, 7) is 1.11. The Kier molecular flexibility index (Phi) is 5.55. The summed E-state index contributed by atoms with van der Waals surface area (Å²) in [5.74, 6) is 0.216. The lowest BCUT2D eigenvalue weighted by Crippen LogP contribution is -2.28. The molecule has 1 heterocycles. The first kappa shape index (κ1) is 18.2. The SMILES string of the molecule is Clc1cccc(CO/N=C2\c3cccc(Br)c3CCC2Cn2cncn2)c1. The van der Waals surface area contributed by atoms with Gasteiger partial charge in [-0.3, -0.25) is 4.68 Å². The summed E-state index contributed by atoms with van der Waals surface area (Å²) in [6, 6.07) is 13.8. The molecule has 3 aromatic rings. The van der Waals surface area contributed by atoms with E-state index >= 15 is 0 Å². The van der Waals surface area contributed by atoms with E-state index in [1.807, 2.05) is 35.0 Å². The normalized spacial score (nSPS) is 17.7. The summed E-state index contributed by atoms with van der Waals surface area (Å²) in [4.78, 5) is 9.77. The first-order chi connectivity index (χ1) is 13.2. The molecular formula is C20H18BrClN4O. The van der Waals surface area contributed by atoms with Gasteiger partial charge in [0.1, 0.15) is 19.3 Å². The van der Waals surface area contributed by atoms with E-state index in [-0.39, 0.29) is 5.92 Å². The predicted octanol–water partition coefficient (Wildman–Crippen LogP) is 4.88. The second-order valence-electron chi connectivity index (χ2n) is 6.50. The van der Waals surface area contributed by atoms with Crippen LogP contribution in [0.4, 0.5) is 0 Å². The van der Waals surface area contributed by atoms with E-state index in [1.165, 1.54) is 5.56 Å². The van der Waals surface area contributed by atoms with Crippen molar-refractivity contribution < 1.29 is 4.84 Å². The Bertz CT molecular complexity index is 958. The maximum atomic E-state index is 6.05. The number of oxime groups is 1. The van der Waals surface area contributed by atoms with Crippen molar-refractivity contribution in [3.8, 4) is 0 Å². The van der Waals surface area contributed by atoms with Crippen LogP contribution in [0.15, 0.2) is 64.7 Å². The number of halogens is 2. The van der Waals surface area contributed by atoms with Crippen LogP contribution in [-0.4, -0.2) is 20.5 Å². The third-order valence-electron chi connectivity index (χ3n) is 4.68. The number of hydrogen-bond acceptors (Lipinski definition) is 4. The maximum Gasteiger partial charge on any atom is 0.142 e. The highest BCUT2D eigenvalue weighted by Crippen LogP contribution is 2.32. The van der Waals surface area contributed by atoms with Crippen LogP contribution in [0.2, 0.25) is 5.02 Å². The van der Waals surface area contributed by atoms with Crippen molar-refractivity contribution in [2.75, 3.05) is 0 Å². The molecule has 0 radical (unpaired) electrons. The molecule has 5 nitrogen and oxygen atoms in total. The molecule has 1 aromatic heterocycles. The highest BCUT2D eigenvalue weighted by molar-refractivity contribution is 9.10. The highest BCUT2D eigenvalue weighted by Gasteiger charge is 2.28. The molecule has 1 atom stereocenters. The van der Waals surface area contributed by atoms with Gasteiger partial charge >= 0.3 is 0 Å². The third-order valence-corrected chi connectivity index (χ3v) is 5.66.